The van der Waals surface area contributed by atoms with Crippen molar-refractivity contribution in [3.05, 3.63) is 42.1 Å². The second kappa shape index (κ2) is 6.80. The Morgan fingerprint density at radius 1 is 1.26 bits per heavy atom. The van der Waals surface area contributed by atoms with Gasteiger partial charge in [0, 0.05) is 25.8 Å². The van der Waals surface area contributed by atoms with Gasteiger partial charge in [-0.05, 0) is 24.1 Å². The molecule has 1 aromatic heterocycles. The van der Waals surface area contributed by atoms with E-state index in [1.54, 1.807) is 10.7 Å². The summed E-state index contributed by atoms with van der Waals surface area (Å²) in [5.74, 6) is 1.38. The minimum atomic E-state index is 0.132. The Kier molecular flexibility index (Phi) is 4.80. The maximum Gasteiger partial charge on any atom is 0.145 e. The zero-order chi connectivity index (χ0) is 13.5. The number of ether oxygens (including phenoxy) is 1. The van der Waals surface area contributed by atoms with Gasteiger partial charge in [-0.25, -0.2) is 0 Å². The predicted octanol–water partition coefficient (Wildman–Crippen LogP) is 1.47. The lowest BCUT2D eigenvalue weighted by molar-refractivity contribution is 0.281. The van der Waals surface area contributed by atoms with E-state index in [2.05, 4.69) is 5.10 Å². The lowest BCUT2D eigenvalue weighted by Crippen LogP contribution is -2.06. The van der Waals surface area contributed by atoms with Crippen LogP contribution in [0.25, 0.3) is 0 Å². The van der Waals surface area contributed by atoms with Crippen LogP contribution in [0.3, 0.4) is 0 Å². The number of hydrogen-bond acceptors (Lipinski definition) is 4. The molecule has 102 valence electrons. The molecule has 0 aliphatic heterocycles. The Labute approximate surface area is 112 Å². The van der Waals surface area contributed by atoms with Crippen LogP contribution in [0.2, 0.25) is 0 Å². The summed E-state index contributed by atoms with van der Waals surface area (Å²) in [6.45, 7) is 1.52. The number of aryl methyl sites for hydroxylation is 1. The highest BCUT2D eigenvalue weighted by molar-refractivity contribution is 5.33. The van der Waals surface area contributed by atoms with Crippen molar-refractivity contribution in [2.45, 2.75) is 19.4 Å². The van der Waals surface area contributed by atoms with Crippen molar-refractivity contribution in [2.24, 2.45) is 0 Å². The molecule has 5 nitrogen and oxygen atoms in total. The second-order valence-electron chi connectivity index (χ2n) is 4.29. The van der Waals surface area contributed by atoms with Crippen molar-refractivity contribution in [3.8, 4) is 5.75 Å². The van der Waals surface area contributed by atoms with Crippen LogP contribution in [0, 0.1) is 0 Å². The summed E-state index contributed by atoms with van der Waals surface area (Å²) < 4.78 is 7.54. The molecule has 3 N–H and O–H groups in total. The molecular weight excluding hydrogens is 242 g/mol. The summed E-state index contributed by atoms with van der Waals surface area (Å²) in [4.78, 5) is 0. The molecule has 0 spiro atoms. The summed E-state index contributed by atoms with van der Waals surface area (Å²) in [5, 5.41) is 13.1. The Bertz CT molecular complexity index is 511. The van der Waals surface area contributed by atoms with E-state index in [9.17, 15) is 0 Å². The molecule has 0 bridgehead atoms. The van der Waals surface area contributed by atoms with Crippen LogP contribution >= 0.6 is 0 Å². The first kappa shape index (κ1) is 13.4. The molecule has 2 rings (SSSR count). The number of anilines is 1. The van der Waals surface area contributed by atoms with Gasteiger partial charge in [0.05, 0.1) is 6.61 Å². The Morgan fingerprint density at radius 2 is 2.11 bits per heavy atom. The van der Waals surface area contributed by atoms with Crippen molar-refractivity contribution in [3.63, 3.8) is 0 Å². The molecular formula is C14H19N3O2. The highest BCUT2D eigenvalue weighted by Gasteiger charge is 2.02. The quantitative estimate of drug-likeness (QED) is 0.740. The molecule has 0 amide bonds. The maximum atomic E-state index is 8.99. The summed E-state index contributed by atoms with van der Waals surface area (Å²) >= 11 is 0. The number of nitrogens with zero attached hydrogens (tertiary/aromatic N) is 2. The number of para-hydroxylation sites is 1. The third-order valence-corrected chi connectivity index (χ3v) is 2.80. The van der Waals surface area contributed by atoms with Crippen LogP contribution in [0.5, 0.6) is 5.75 Å². The fraction of sp³-hybridized carbons (Fsp3) is 0.357. The standard InChI is InChI=1S/C14H19N3O2/c15-14-6-9-17(16-14)8-3-11-19-13-5-2-1-4-12(13)7-10-18/h1-2,4-6,9,18H,3,7-8,10-11H2,(H2,15,16). The molecule has 0 unspecified atom stereocenters. The number of nitrogens with two attached hydrogens (primary N) is 1. The molecule has 5 heteroatoms. The molecule has 1 heterocycles. The fourth-order valence-corrected chi connectivity index (χ4v) is 1.88. The van der Waals surface area contributed by atoms with Gasteiger partial charge in [0.15, 0.2) is 0 Å². The van der Waals surface area contributed by atoms with Gasteiger partial charge in [-0.1, -0.05) is 18.2 Å². The number of hydrogen-bond donors (Lipinski definition) is 2. The van der Waals surface area contributed by atoms with Gasteiger partial charge >= 0.3 is 0 Å². The molecule has 0 saturated carbocycles. The highest BCUT2D eigenvalue weighted by Crippen LogP contribution is 2.18. The summed E-state index contributed by atoms with van der Waals surface area (Å²) in [7, 11) is 0. The van der Waals surface area contributed by atoms with Gasteiger partial charge in [-0.2, -0.15) is 5.10 Å². The maximum absolute atomic E-state index is 8.99. The largest absolute Gasteiger partial charge is 0.493 e. The minimum Gasteiger partial charge on any atom is -0.493 e. The molecule has 1 aromatic carbocycles. The number of rotatable bonds is 7. The summed E-state index contributed by atoms with van der Waals surface area (Å²) in [5.41, 5.74) is 6.58. The van der Waals surface area contributed by atoms with E-state index in [1.807, 2.05) is 30.5 Å². The molecule has 0 saturated heterocycles. The molecule has 19 heavy (non-hydrogen) atoms. The Morgan fingerprint density at radius 3 is 2.84 bits per heavy atom. The van der Waals surface area contributed by atoms with Crippen LogP contribution in [-0.4, -0.2) is 28.1 Å². The van der Waals surface area contributed by atoms with E-state index in [1.165, 1.54) is 0 Å². The lowest BCUT2D eigenvalue weighted by Gasteiger charge is -2.10. The predicted molar refractivity (Wildman–Crippen MR) is 74.0 cm³/mol. The van der Waals surface area contributed by atoms with Gasteiger partial charge in [-0.15, -0.1) is 0 Å². The van der Waals surface area contributed by atoms with Gasteiger partial charge in [-0.3, -0.25) is 4.68 Å². The number of aliphatic hydroxyl groups excluding tert-OH is 1. The van der Waals surface area contributed by atoms with Crippen LogP contribution in [-0.2, 0) is 13.0 Å². The topological polar surface area (TPSA) is 73.3 Å². The van der Waals surface area contributed by atoms with Crippen molar-refractivity contribution in [2.75, 3.05) is 18.9 Å². The zero-order valence-corrected chi connectivity index (χ0v) is 10.8. The third-order valence-electron chi connectivity index (χ3n) is 2.80. The van der Waals surface area contributed by atoms with E-state index >= 15 is 0 Å². The van der Waals surface area contributed by atoms with Crippen LogP contribution in [0.15, 0.2) is 36.5 Å². The van der Waals surface area contributed by atoms with E-state index in [4.69, 9.17) is 15.6 Å². The zero-order valence-electron chi connectivity index (χ0n) is 10.8. The summed E-state index contributed by atoms with van der Waals surface area (Å²) in [6.07, 6.45) is 3.33. The van der Waals surface area contributed by atoms with E-state index < -0.39 is 0 Å². The monoisotopic (exact) mass is 261 g/mol. The molecule has 0 radical (unpaired) electrons. The van der Waals surface area contributed by atoms with E-state index in [-0.39, 0.29) is 6.61 Å². The molecule has 0 aliphatic carbocycles. The SMILES string of the molecule is Nc1ccn(CCCOc2ccccc2CCO)n1. The number of aromatic nitrogens is 2. The van der Waals surface area contributed by atoms with Crippen LogP contribution < -0.4 is 10.5 Å². The van der Waals surface area contributed by atoms with Gasteiger partial charge < -0.3 is 15.6 Å². The average molecular weight is 261 g/mol. The first-order valence-electron chi connectivity index (χ1n) is 6.40. The lowest BCUT2D eigenvalue weighted by atomic mass is 10.1. The second-order valence-corrected chi connectivity index (χ2v) is 4.29. The third kappa shape index (κ3) is 3.99. The molecule has 0 fully saturated rings. The average Bonchev–Trinajstić information content (AvgIpc) is 2.83. The van der Waals surface area contributed by atoms with Crippen molar-refractivity contribution >= 4 is 5.82 Å². The number of benzene rings is 1. The fourth-order valence-electron chi connectivity index (χ4n) is 1.88. The van der Waals surface area contributed by atoms with Crippen LogP contribution in [0.1, 0.15) is 12.0 Å². The normalized spacial score (nSPS) is 10.6. The van der Waals surface area contributed by atoms with E-state index in [0.29, 0.717) is 18.8 Å². The summed E-state index contributed by atoms with van der Waals surface area (Å²) in [6, 6.07) is 9.56. The molecule has 0 aliphatic rings. The Balaban J connectivity index is 1.79. The van der Waals surface area contributed by atoms with Gasteiger partial charge in [0.2, 0.25) is 0 Å². The van der Waals surface area contributed by atoms with Crippen molar-refractivity contribution in [1.82, 2.24) is 9.78 Å². The molecule has 0 atom stereocenters. The highest BCUT2D eigenvalue weighted by atomic mass is 16.5. The van der Waals surface area contributed by atoms with Gasteiger partial charge in [0.25, 0.3) is 0 Å². The van der Waals surface area contributed by atoms with Gasteiger partial charge in [0.1, 0.15) is 11.6 Å². The first-order chi connectivity index (χ1) is 9.29. The number of nitrogen functional groups attached to an aromatic ring is 1. The number of aliphatic hydroxyl groups is 1. The molecule has 2 aromatic rings. The van der Waals surface area contributed by atoms with Crippen molar-refractivity contribution < 1.29 is 9.84 Å². The van der Waals surface area contributed by atoms with E-state index in [0.717, 1.165) is 24.3 Å². The van der Waals surface area contributed by atoms with Crippen molar-refractivity contribution in [1.29, 1.82) is 0 Å². The smallest absolute Gasteiger partial charge is 0.145 e. The Hall–Kier alpha value is -2.01. The first-order valence-corrected chi connectivity index (χ1v) is 6.40. The van der Waals surface area contributed by atoms with Crippen LogP contribution in [0.4, 0.5) is 5.82 Å². The minimum absolute atomic E-state index is 0.132.